The number of hydrogen-bond acceptors (Lipinski definition) is 18. The van der Waals surface area contributed by atoms with Gasteiger partial charge in [0, 0.05) is 95.8 Å². The first-order chi connectivity index (χ1) is 62.1. The third-order valence-electron chi connectivity index (χ3n) is 25.9. The lowest BCUT2D eigenvalue weighted by Gasteiger charge is -2.43. The van der Waals surface area contributed by atoms with Gasteiger partial charge in [-0.15, -0.1) is 0 Å². The van der Waals surface area contributed by atoms with Crippen molar-refractivity contribution in [3.05, 3.63) is 234 Å². The average Bonchev–Trinajstić information content (AvgIpc) is 1.55. The van der Waals surface area contributed by atoms with E-state index in [1.165, 1.54) is 42.3 Å². The van der Waals surface area contributed by atoms with E-state index in [1.807, 2.05) is 125 Å². The van der Waals surface area contributed by atoms with Crippen LogP contribution in [0.1, 0.15) is 237 Å². The Morgan fingerprint density at radius 1 is 0.638 bits per heavy atom. The van der Waals surface area contributed by atoms with E-state index in [0.717, 1.165) is 109 Å². The normalized spacial score (nSPS) is 22.8. The number of aromatic nitrogens is 2. The number of Topliss-reactive ketones (excluding diaryl/α,β-unsaturated/α-hetero) is 1. The van der Waals surface area contributed by atoms with Crippen molar-refractivity contribution in [2.75, 3.05) is 5.32 Å². The molecule has 2 aromatic heterocycles. The van der Waals surface area contributed by atoms with E-state index < -0.39 is 60.8 Å². The van der Waals surface area contributed by atoms with Crippen LogP contribution in [-0.4, -0.2) is 147 Å². The summed E-state index contributed by atoms with van der Waals surface area (Å²) in [4.78, 5) is 76.7. The predicted molar refractivity (Wildman–Crippen MR) is 500 cm³/mol. The number of para-hydroxylation sites is 2. The zero-order valence-corrected chi connectivity index (χ0v) is 76.8. The zero-order chi connectivity index (χ0) is 94.2. The minimum absolute atomic E-state index is 0.0244. The highest BCUT2D eigenvalue weighted by atomic mass is 19.1. The summed E-state index contributed by atoms with van der Waals surface area (Å²) in [6.07, 6.45) is 20.5. The average molecular weight is 1790 g/mol. The number of ether oxygens (including phenoxy) is 3. The van der Waals surface area contributed by atoms with Gasteiger partial charge in [0.25, 0.3) is 5.91 Å². The molecule has 1 amide bonds. The van der Waals surface area contributed by atoms with E-state index in [9.17, 15) is 78.4 Å². The van der Waals surface area contributed by atoms with E-state index in [2.05, 4.69) is 69.1 Å². The molecule has 9 N–H and O–H groups in total. The first kappa shape index (κ1) is 102. The Kier molecular flexibility index (Phi) is 38.1. The van der Waals surface area contributed by atoms with Gasteiger partial charge in [-0.3, -0.25) is 29.0 Å². The number of amides is 1. The second-order valence-electron chi connectivity index (χ2n) is 36.9. The Morgan fingerprint density at radius 2 is 1.19 bits per heavy atom. The maximum Gasteiger partial charge on any atom is 0.308 e. The highest BCUT2D eigenvalue weighted by Crippen LogP contribution is 2.50. The molecular formula is C107H134F2N3O18-. The van der Waals surface area contributed by atoms with Crippen molar-refractivity contribution in [2.45, 2.75) is 277 Å². The molecule has 700 valence electrons. The van der Waals surface area contributed by atoms with Crippen LogP contribution in [0.2, 0.25) is 0 Å². The Balaban J connectivity index is 0.000000182. The summed E-state index contributed by atoms with van der Waals surface area (Å²) in [5.74, 6) is -0.885. The third kappa shape index (κ3) is 28.8. The lowest BCUT2D eigenvalue weighted by molar-refractivity contribution is -0.307. The number of esters is 2. The fraction of sp³-hybridized carbons (Fsp3) is 0.486. The summed E-state index contributed by atoms with van der Waals surface area (Å²) in [5.41, 5.74) is 11.9. The Bertz CT molecular complexity index is 5100. The van der Waals surface area contributed by atoms with Gasteiger partial charge in [-0.05, 0) is 215 Å². The number of carbonyl (C=O) groups is 6. The first-order valence-electron chi connectivity index (χ1n) is 46.6. The number of pyridine rings is 1. The lowest BCUT2D eigenvalue weighted by Crippen LogP contribution is -2.42. The molecular weight excluding hydrogens is 1650 g/mol. The van der Waals surface area contributed by atoms with E-state index in [0.29, 0.717) is 76.8 Å². The second-order valence-corrected chi connectivity index (χ2v) is 36.9. The molecule has 2 fully saturated rings. The molecule has 21 nitrogen and oxygen atoms in total. The Hall–Kier alpha value is -10.4. The van der Waals surface area contributed by atoms with Crippen LogP contribution in [0.25, 0.3) is 50.5 Å². The van der Waals surface area contributed by atoms with Crippen molar-refractivity contribution in [1.82, 2.24) is 9.55 Å². The maximum atomic E-state index is 14.0. The summed E-state index contributed by atoms with van der Waals surface area (Å²) < 4.78 is 47.5. The van der Waals surface area contributed by atoms with Gasteiger partial charge in [-0.1, -0.05) is 196 Å². The molecule has 0 bridgehead atoms. The van der Waals surface area contributed by atoms with Gasteiger partial charge in [0.2, 0.25) is 0 Å². The standard InChI is InChI=1S/C33H35FN2O5.C26H26FNO3.C25H38O4.C23H36O6/c1-21(2)31-30(33(41)35-25-11-7-4-8-12-25)29(22-9-5-3-6-10-22)32(23-13-15-24(34)16-14-23)36(31)18-17-26(37)19-27(38)20-28(39)40;1-16(29)14-21(31)15-20(30)12-13-23-25(17-8-10-19(27)11-9-17)22-4-2-3-5-24(22)28-26(23)18-6-7-18;1-6-16(3)25(27)29-23-12-15(2)11-19-8-7-17(4)22(24(19)23)10-9-21-14-20(26)13-18(5)28-21;1-4-14(2)23(28)29-20-7-5-6-16-9-8-15(3)19(22(16)20)11-10-17(24)12-18(25)13-21(26)27/h3-16,21,26-27,37-38H,17-20H2,1-2H3,(H,35,41)(H,39,40);2-5,8-13,18,20-21,30-31H,6-7,14-15H2,1H3;7-8,11,15-17,20-24,26H,5-6,9-10,12-14H2,1-4H3;6,8-9,14-15,17-20,22,24-25H,4-5,7,10-13H2,1-3H3,(H,26,27)/p-1/b;13-12+;;/t;20-,21+;15-,16-,17-,20-,21+,22-,23-,24-;14-,15-,17+,18+,19-,20-,22-/m.100/s1. The number of benzene rings is 5. The largest absolute Gasteiger partial charge is 0.550 e. The summed E-state index contributed by atoms with van der Waals surface area (Å²) in [6, 6.07) is 39.0. The van der Waals surface area contributed by atoms with Gasteiger partial charge in [0.1, 0.15) is 35.7 Å². The van der Waals surface area contributed by atoms with Crippen LogP contribution < -0.4 is 10.4 Å². The lowest BCUT2D eigenvalue weighted by atomic mass is 9.65. The van der Waals surface area contributed by atoms with Crippen LogP contribution in [0.15, 0.2) is 199 Å². The quantitative estimate of drug-likeness (QED) is 0.0165. The number of anilines is 1. The minimum atomic E-state index is -1.39. The molecule has 1 saturated heterocycles. The molecule has 0 spiro atoms. The number of halogens is 2. The van der Waals surface area contributed by atoms with Gasteiger partial charge in [-0.2, -0.15) is 0 Å². The van der Waals surface area contributed by atoms with Crippen LogP contribution in [0.3, 0.4) is 0 Å². The van der Waals surface area contributed by atoms with Gasteiger partial charge < -0.3 is 74.8 Å². The zero-order valence-electron chi connectivity index (χ0n) is 76.8. The highest BCUT2D eigenvalue weighted by molar-refractivity contribution is 6.12. The van der Waals surface area contributed by atoms with Crippen LogP contribution in [0.5, 0.6) is 0 Å². The van der Waals surface area contributed by atoms with Crippen molar-refractivity contribution in [3.8, 4) is 33.5 Å². The number of nitrogens with zero attached hydrogens (tertiary/aromatic N) is 2. The molecule has 130 heavy (non-hydrogen) atoms. The van der Waals surface area contributed by atoms with Crippen molar-refractivity contribution >= 4 is 58.2 Å². The van der Waals surface area contributed by atoms with E-state index in [-0.39, 0.29) is 140 Å². The van der Waals surface area contributed by atoms with Crippen molar-refractivity contribution in [1.29, 1.82) is 0 Å². The van der Waals surface area contributed by atoms with Gasteiger partial charge in [-0.25, -0.2) is 8.78 Å². The maximum absolute atomic E-state index is 14.0. The number of hydrogen-bond donors (Lipinski definition) is 9. The molecule has 2 unspecified atom stereocenters. The number of fused-ring (bicyclic) bond motifs is 3. The Labute approximate surface area is 764 Å². The van der Waals surface area contributed by atoms with Crippen LogP contribution >= 0.6 is 0 Å². The van der Waals surface area contributed by atoms with Crippen LogP contribution in [0.4, 0.5) is 14.5 Å². The number of carboxylic acid groups (broad SMARTS) is 2. The summed E-state index contributed by atoms with van der Waals surface area (Å²) in [5, 5.41) is 94.8. The highest BCUT2D eigenvalue weighted by Gasteiger charge is 2.44. The number of allylic oxidation sites excluding steroid dienone is 6. The van der Waals surface area contributed by atoms with Crippen LogP contribution in [0, 0.1) is 64.9 Å². The van der Waals surface area contributed by atoms with Crippen molar-refractivity contribution in [3.63, 3.8) is 0 Å². The number of aliphatic hydroxyl groups is 7. The Morgan fingerprint density at radius 3 is 1.78 bits per heavy atom. The van der Waals surface area contributed by atoms with Crippen molar-refractivity contribution < 1.29 is 97.7 Å². The first-order valence-corrected chi connectivity index (χ1v) is 46.6. The van der Waals surface area contributed by atoms with Crippen LogP contribution in [-0.2, 0) is 44.7 Å². The summed E-state index contributed by atoms with van der Waals surface area (Å²) >= 11 is 0. The number of ketones is 1. The molecule has 0 radical (unpaired) electrons. The number of nitrogens with one attached hydrogen (secondary N) is 1. The topological polar surface area (TPSA) is 345 Å². The number of carbonyl (C=O) groups excluding carboxylic acids is 5. The monoisotopic (exact) mass is 1790 g/mol. The van der Waals surface area contributed by atoms with Gasteiger partial charge in [0.05, 0.1) is 89.2 Å². The fourth-order valence-electron chi connectivity index (χ4n) is 18.9. The number of carboxylic acids is 2. The summed E-state index contributed by atoms with van der Waals surface area (Å²) in [7, 11) is 0. The van der Waals surface area contributed by atoms with Gasteiger partial charge in [0.15, 0.2) is 0 Å². The second kappa shape index (κ2) is 48.7. The van der Waals surface area contributed by atoms with Gasteiger partial charge >= 0.3 is 17.9 Å². The molecule has 19 atom stereocenters. The molecule has 1 aliphatic heterocycles. The third-order valence-corrected chi connectivity index (χ3v) is 25.9. The molecule has 5 aromatic carbocycles. The van der Waals surface area contributed by atoms with E-state index in [4.69, 9.17) is 24.3 Å². The van der Waals surface area contributed by atoms with E-state index in [1.54, 1.807) is 42.5 Å². The number of aliphatic hydroxyl groups excluding tert-OH is 7. The predicted octanol–water partition coefficient (Wildman–Crippen LogP) is 18.7. The molecule has 7 aromatic rings. The fourth-order valence-corrected chi connectivity index (χ4v) is 18.9. The molecule has 5 aliphatic carbocycles. The smallest absolute Gasteiger partial charge is 0.308 e. The van der Waals surface area contributed by atoms with E-state index >= 15 is 0 Å². The SMILES string of the molecule is C=C1C[C@H](O)C[C@@H](CC[C@@H]2[C@@H]3C(=C[C@H](C)C[C@@H]3OC(=O)[C@@H](C)CC)C=C[C@@H]2C)O1.CC(=O)C[C@H](O)C[C@H](O)/C=C/c1c(C2CC2)nc2ccccc2c1-c1ccc(F)cc1.CC(C)c1c(C(=O)Nc2ccccc2)c(-c2ccccc2)c(-c2ccc(F)cc2)n1CCC(O)CC(O)CC(=O)[O-].CC[C@H](C)C(=O)O[C@H]1CCC=C2C=C[C@H](C)[C@H](CC[C@@H](O)C[C@@H](O)CC(=O)O)[C@H]21. The molecule has 23 heteroatoms. The number of aliphatic carboxylic acids is 2. The molecule has 13 rings (SSSR count). The summed E-state index contributed by atoms with van der Waals surface area (Å²) in [6.45, 7) is 24.0. The molecule has 1 saturated carbocycles. The van der Waals surface area contributed by atoms with Crippen molar-refractivity contribution in [2.24, 2.45) is 53.3 Å². The molecule has 3 heterocycles. The minimum Gasteiger partial charge on any atom is -0.550 e. The number of rotatable bonds is 36. The molecule has 6 aliphatic rings.